The number of hydrogen-bond donors (Lipinski definition) is 2. The van der Waals surface area contributed by atoms with Gasteiger partial charge in [-0.25, -0.2) is 4.98 Å². The summed E-state index contributed by atoms with van der Waals surface area (Å²) in [6.07, 6.45) is 13.4. The molecule has 4 fully saturated rings. The van der Waals surface area contributed by atoms with Crippen molar-refractivity contribution in [2.45, 2.75) is 155 Å². The van der Waals surface area contributed by atoms with Crippen LogP contribution in [0.2, 0.25) is 0 Å². The highest BCUT2D eigenvalue weighted by Gasteiger charge is 2.54. The molecule has 3 aromatic rings. The third kappa shape index (κ3) is 14.8. The molecule has 348 valence electrons. The second-order valence-corrected chi connectivity index (χ2v) is 20.5. The number of rotatable bonds is 23. The Morgan fingerprint density at radius 2 is 1.19 bits per heavy atom. The fourth-order valence-electron chi connectivity index (χ4n) is 10.3. The van der Waals surface area contributed by atoms with Gasteiger partial charge >= 0.3 is 11.9 Å². The molecular formula is C51H71N5O8. The van der Waals surface area contributed by atoms with Gasteiger partial charge in [0.05, 0.1) is 29.4 Å². The van der Waals surface area contributed by atoms with Crippen LogP contribution in [0.4, 0.5) is 0 Å². The molecule has 4 aliphatic rings. The molecule has 13 nitrogen and oxygen atoms in total. The predicted molar refractivity (Wildman–Crippen MR) is 245 cm³/mol. The van der Waals surface area contributed by atoms with Crippen LogP contribution in [0.3, 0.4) is 0 Å². The summed E-state index contributed by atoms with van der Waals surface area (Å²) < 4.78 is 23.6. The number of nitrogens with zero attached hydrogens (tertiary/aromatic N) is 3. The number of carbonyl (C=O) groups excluding carboxylic acids is 4. The van der Waals surface area contributed by atoms with E-state index in [0.29, 0.717) is 74.0 Å². The van der Waals surface area contributed by atoms with Crippen LogP contribution >= 0.6 is 0 Å². The first-order chi connectivity index (χ1) is 30.5. The topological polar surface area (TPSA) is 168 Å². The number of amides is 2. The van der Waals surface area contributed by atoms with Crippen molar-refractivity contribution in [2.24, 2.45) is 23.2 Å². The second-order valence-electron chi connectivity index (χ2n) is 20.5. The van der Waals surface area contributed by atoms with Crippen molar-refractivity contribution in [3.63, 3.8) is 0 Å². The Morgan fingerprint density at radius 3 is 1.69 bits per heavy atom. The van der Waals surface area contributed by atoms with E-state index in [2.05, 4.69) is 20.6 Å². The van der Waals surface area contributed by atoms with Crippen LogP contribution in [0.15, 0.2) is 60.9 Å². The van der Waals surface area contributed by atoms with Crippen molar-refractivity contribution in [1.82, 2.24) is 25.6 Å². The van der Waals surface area contributed by atoms with Gasteiger partial charge in [-0.05, 0) is 161 Å². The van der Waals surface area contributed by atoms with Crippen molar-refractivity contribution in [2.75, 3.05) is 26.4 Å². The van der Waals surface area contributed by atoms with Crippen LogP contribution in [0.5, 0.6) is 5.75 Å². The van der Waals surface area contributed by atoms with E-state index in [9.17, 15) is 19.2 Å². The zero-order valence-corrected chi connectivity index (χ0v) is 39.0. The van der Waals surface area contributed by atoms with E-state index < -0.39 is 16.7 Å². The molecule has 4 bridgehead atoms. The molecule has 64 heavy (non-hydrogen) atoms. The van der Waals surface area contributed by atoms with Crippen molar-refractivity contribution >= 4 is 23.8 Å². The Morgan fingerprint density at radius 1 is 0.656 bits per heavy atom. The summed E-state index contributed by atoms with van der Waals surface area (Å²) >= 11 is 0. The van der Waals surface area contributed by atoms with Crippen molar-refractivity contribution in [3.8, 4) is 28.5 Å². The lowest BCUT2D eigenvalue weighted by Crippen LogP contribution is -2.53. The van der Waals surface area contributed by atoms with Gasteiger partial charge in [-0.2, -0.15) is 0 Å². The van der Waals surface area contributed by atoms with Gasteiger partial charge in [-0.15, -0.1) is 0 Å². The molecule has 7 rings (SSSR count). The molecule has 0 unspecified atom stereocenters. The molecule has 0 radical (unpaired) electrons. The molecular weight excluding hydrogens is 811 g/mol. The predicted octanol–water partition coefficient (Wildman–Crippen LogP) is 8.98. The van der Waals surface area contributed by atoms with E-state index in [1.165, 1.54) is 19.3 Å². The third-order valence-corrected chi connectivity index (χ3v) is 12.5. The van der Waals surface area contributed by atoms with E-state index in [1.54, 1.807) is 12.4 Å². The molecule has 0 atom stereocenters. The quantitative estimate of drug-likeness (QED) is 0.0689. The van der Waals surface area contributed by atoms with E-state index in [4.69, 9.17) is 23.9 Å². The lowest BCUT2D eigenvalue weighted by molar-refractivity contribution is -0.155. The van der Waals surface area contributed by atoms with Crippen molar-refractivity contribution in [1.29, 1.82) is 0 Å². The number of nitrogens with one attached hydrogen (secondary N) is 2. The van der Waals surface area contributed by atoms with Gasteiger partial charge in [0.2, 0.25) is 11.8 Å². The highest BCUT2D eigenvalue weighted by molar-refractivity contribution is 5.83. The fourth-order valence-corrected chi connectivity index (χ4v) is 10.3. The molecule has 4 saturated carbocycles. The van der Waals surface area contributed by atoms with E-state index in [1.807, 2.05) is 90.1 Å². The van der Waals surface area contributed by atoms with Gasteiger partial charge in [0.1, 0.15) is 17.0 Å². The van der Waals surface area contributed by atoms with Gasteiger partial charge in [-0.1, -0.05) is 12.1 Å². The van der Waals surface area contributed by atoms with Crippen LogP contribution in [0.1, 0.15) is 138 Å². The van der Waals surface area contributed by atoms with Crippen LogP contribution in [0, 0.1) is 23.2 Å². The number of hydrogen-bond acceptors (Lipinski definition) is 11. The number of pyridine rings is 3. The van der Waals surface area contributed by atoms with Crippen LogP contribution in [-0.4, -0.2) is 81.8 Å². The monoisotopic (exact) mass is 882 g/mol. The molecule has 0 aromatic carbocycles. The highest BCUT2D eigenvalue weighted by Crippen LogP contribution is 2.60. The second kappa shape index (κ2) is 21.8. The zero-order valence-electron chi connectivity index (χ0n) is 39.0. The molecule has 0 spiro atoms. The molecule has 0 aliphatic heterocycles. The minimum absolute atomic E-state index is 0.0541. The Hall–Kier alpha value is -4.91. The summed E-state index contributed by atoms with van der Waals surface area (Å²) in [7, 11) is 0. The first-order valence-electron chi connectivity index (χ1n) is 23.6. The van der Waals surface area contributed by atoms with Crippen LogP contribution < -0.4 is 15.4 Å². The molecule has 0 saturated heterocycles. The first kappa shape index (κ1) is 48.5. The largest absolute Gasteiger partial charge is 0.493 e. The number of aromatic nitrogens is 3. The van der Waals surface area contributed by atoms with Gasteiger partial charge in [0, 0.05) is 74.5 Å². The van der Waals surface area contributed by atoms with Crippen LogP contribution in [-0.2, 0) is 33.4 Å². The summed E-state index contributed by atoms with van der Waals surface area (Å²) in [6.45, 7) is 12.7. The maximum Gasteiger partial charge on any atom is 0.306 e. The SMILES string of the molecule is CC(C)(C)OC(=O)CCC(CCCOCCCNC(=O)C12CC3CC(CC(C3)C1)C2)(CCC(=O)OC(C)(C)C)NC(=O)CCCOc1cc(-c2ccccn2)nc(-c2ccccn2)c1. The normalized spacial score (nSPS) is 20.4. The van der Waals surface area contributed by atoms with Crippen molar-refractivity contribution < 1.29 is 38.1 Å². The minimum atomic E-state index is -0.915. The smallest absolute Gasteiger partial charge is 0.306 e. The Bertz CT molecular complexity index is 1890. The van der Waals surface area contributed by atoms with Crippen LogP contribution in [0.25, 0.3) is 22.8 Å². The fraction of sp³-hybridized carbons (Fsp3) is 0.627. The Labute approximate surface area is 380 Å². The highest BCUT2D eigenvalue weighted by atomic mass is 16.6. The molecule has 4 aliphatic carbocycles. The lowest BCUT2D eigenvalue weighted by Gasteiger charge is -2.55. The summed E-state index contributed by atoms with van der Waals surface area (Å²) in [5, 5.41) is 6.51. The van der Waals surface area contributed by atoms with Crippen molar-refractivity contribution in [3.05, 3.63) is 60.9 Å². The van der Waals surface area contributed by atoms with E-state index in [-0.39, 0.29) is 67.9 Å². The number of esters is 2. The molecule has 2 N–H and O–H groups in total. The maximum atomic E-state index is 13.9. The van der Waals surface area contributed by atoms with Gasteiger partial charge in [-0.3, -0.25) is 29.1 Å². The minimum Gasteiger partial charge on any atom is -0.493 e. The standard InChI is InChI=1S/C51H71N5O8/c1-48(2,3)63-45(58)17-20-51(21-18-46(59)64-49(4,5)6,19-12-25-61-26-13-24-54-47(60)50-33-36-28-37(34-50)30-38(29-36)35-50)56-44(57)16-11-27-62-39-31-42(40-14-7-9-22-52-40)55-43(32-39)41-15-8-10-23-53-41/h7-10,14-15,22-23,31-32,36-38H,11-13,16-21,24-30,33-35H2,1-6H3,(H,54,60)(H,56,57). The molecule has 3 aromatic heterocycles. The average molecular weight is 882 g/mol. The lowest BCUT2D eigenvalue weighted by atomic mass is 9.49. The zero-order chi connectivity index (χ0) is 45.8. The summed E-state index contributed by atoms with van der Waals surface area (Å²) in [5.41, 5.74) is 0.241. The third-order valence-electron chi connectivity index (χ3n) is 12.5. The summed E-state index contributed by atoms with van der Waals surface area (Å²) in [6, 6.07) is 14.9. The first-order valence-corrected chi connectivity index (χ1v) is 23.6. The van der Waals surface area contributed by atoms with E-state index in [0.717, 1.165) is 37.0 Å². The molecule has 2 amide bonds. The van der Waals surface area contributed by atoms with Gasteiger partial charge in [0.25, 0.3) is 0 Å². The maximum absolute atomic E-state index is 13.9. The number of ether oxygens (including phenoxy) is 4. The average Bonchev–Trinajstić information content (AvgIpc) is 3.23. The van der Waals surface area contributed by atoms with E-state index >= 15 is 0 Å². The molecule has 3 heterocycles. The Balaban J connectivity index is 1.05. The van der Waals surface area contributed by atoms with Gasteiger partial charge in [0.15, 0.2) is 0 Å². The summed E-state index contributed by atoms with van der Waals surface area (Å²) in [4.78, 5) is 67.2. The number of carbonyl (C=O) groups is 4. The summed E-state index contributed by atoms with van der Waals surface area (Å²) in [5.74, 6) is 1.99. The van der Waals surface area contributed by atoms with Gasteiger partial charge < -0.3 is 29.6 Å². The Kier molecular flexibility index (Phi) is 16.6. The molecule has 13 heteroatoms.